The largest absolute Gasteiger partial charge is 0.322 e. The van der Waals surface area contributed by atoms with E-state index >= 15 is 0 Å². The summed E-state index contributed by atoms with van der Waals surface area (Å²) in [5, 5.41) is 2.75. The fraction of sp³-hybridized carbons (Fsp3) is 0.118. The van der Waals surface area contributed by atoms with E-state index in [9.17, 15) is 13.2 Å². The Morgan fingerprint density at radius 1 is 1.17 bits per heavy atom. The quantitative estimate of drug-likeness (QED) is 0.800. The van der Waals surface area contributed by atoms with Crippen LogP contribution < -0.4 is 10.0 Å². The van der Waals surface area contributed by atoms with Gasteiger partial charge in [0.2, 0.25) is 10.0 Å². The third kappa shape index (κ3) is 4.51. The van der Waals surface area contributed by atoms with Crippen LogP contribution in [0.2, 0.25) is 0 Å². The highest BCUT2D eigenvalue weighted by atomic mass is 32.2. The van der Waals surface area contributed by atoms with Gasteiger partial charge in [0, 0.05) is 17.8 Å². The van der Waals surface area contributed by atoms with Gasteiger partial charge in [-0.15, -0.1) is 6.58 Å². The Balaban J connectivity index is 2.22. The Hall–Kier alpha value is -2.44. The summed E-state index contributed by atoms with van der Waals surface area (Å²) >= 11 is 0. The first-order valence-corrected chi connectivity index (χ1v) is 8.49. The summed E-state index contributed by atoms with van der Waals surface area (Å²) in [6.45, 7) is 5.52. The maximum absolute atomic E-state index is 12.3. The lowest BCUT2D eigenvalue weighted by Gasteiger charge is -2.08. The SMILES string of the molecule is C=CCNS(=O)(=O)c1cccc(C(=O)Nc2cccc(C)c2)c1. The monoisotopic (exact) mass is 330 g/mol. The van der Waals surface area contributed by atoms with Gasteiger partial charge < -0.3 is 5.32 Å². The first kappa shape index (κ1) is 16.9. The Bertz CT molecular complexity index is 829. The predicted octanol–water partition coefficient (Wildman–Crippen LogP) is 2.71. The Morgan fingerprint density at radius 2 is 1.91 bits per heavy atom. The molecule has 2 aromatic carbocycles. The highest BCUT2D eigenvalue weighted by molar-refractivity contribution is 7.89. The summed E-state index contributed by atoms with van der Waals surface area (Å²) in [5.41, 5.74) is 1.95. The van der Waals surface area contributed by atoms with Crippen molar-refractivity contribution in [2.45, 2.75) is 11.8 Å². The standard InChI is InChI=1S/C17H18N2O3S/c1-3-10-18-23(21,22)16-9-5-7-14(12-16)17(20)19-15-8-4-6-13(2)11-15/h3-9,11-12,18H,1,10H2,2H3,(H,19,20). The molecule has 1 amide bonds. The zero-order valence-electron chi connectivity index (χ0n) is 12.7. The lowest BCUT2D eigenvalue weighted by atomic mass is 10.2. The van der Waals surface area contributed by atoms with E-state index in [1.165, 1.54) is 24.3 Å². The van der Waals surface area contributed by atoms with E-state index in [-0.39, 0.29) is 22.9 Å². The number of rotatable bonds is 6. The second kappa shape index (κ2) is 7.21. The molecule has 2 rings (SSSR count). The molecular formula is C17H18N2O3S. The summed E-state index contributed by atoms with van der Waals surface area (Å²) in [7, 11) is -3.66. The number of amides is 1. The van der Waals surface area contributed by atoms with E-state index in [4.69, 9.17) is 0 Å². The van der Waals surface area contributed by atoms with Gasteiger partial charge in [0.15, 0.2) is 0 Å². The second-order valence-corrected chi connectivity index (χ2v) is 6.76. The van der Waals surface area contributed by atoms with Crippen LogP contribution in [0.4, 0.5) is 5.69 Å². The molecule has 0 aliphatic heterocycles. The topological polar surface area (TPSA) is 75.3 Å². The van der Waals surface area contributed by atoms with Crippen LogP contribution in [0.3, 0.4) is 0 Å². The van der Waals surface area contributed by atoms with Gasteiger partial charge in [-0.3, -0.25) is 4.79 Å². The van der Waals surface area contributed by atoms with E-state index in [0.29, 0.717) is 5.69 Å². The van der Waals surface area contributed by atoms with E-state index in [2.05, 4.69) is 16.6 Å². The van der Waals surface area contributed by atoms with Crippen LogP contribution >= 0.6 is 0 Å². The van der Waals surface area contributed by atoms with Crippen molar-refractivity contribution < 1.29 is 13.2 Å². The van der Waals surface area contributed by atoms with Crippen molar-refractivity contribution in [3.63, 3.8) is 0 Å². The van der Waals surface area contributed by atoms with Crippen molar-refractivity contribution in [3.05, 3.63) is 72.3 Å². The Kier molecular flexibility index (Phi) is 5.31. The number of hydrogen-bond acceptors (Lipinski definition) is 3. The lowest BCUT2D eigenvalue weighted by molar-refractivity contribution is 0.102. The van der Waals surface area contributed by atoms with Gasteiger partial charge in [0.05, 0.1) is 4.90 Å². The predicted molar refractivity (Wildman–Crippen MR) is 91.0 cm³/mol. The van der Waals surface area contributed by atoms with Crippen molar-refractivity contribution in [2.75, 3.05) is 11.9 Å². The molecule has 0 saturated carbocycles. The number of hydrogen-bond donors (Lipinski definition) is 2. The summed E-state index contributed by atoms with van der Waals surface area (Å²) in [6, 6.07) is 13.3. The summed E-state index contributed by atoms with van der Waals surface area (Å²) in [6.07, 6.45) is 1.45. The Labute approximate surface area is 136 Å². The molecule has 0 saturated heterocycles. The number of carbonyl (C=O) groups is 1. The van der Waals surface area contributed by atoms with Gasteiger partial charge in [-0.25, -0.2) is 13.1 Å². The van der Waals surface area contributed by atoms with Gasteiger partial charge in [-0.05, 0) is 42.8 Å². The zero-order valence-corrected chi connectivity index (χ0v) is 13.6. The fourth-order valence-corrected chi connectivity index (χ4v) is 3.03. The number of carbonyl (C=O) groups excluding carboxylic acids is 1. The molecule has 0 fully saturated rings. The van der Waals surface area contributed by atoms with Crippen LogP contribution in [0.1, 0.15) is 15.9 Å². The van der Waals surface area contributed by atoms with Crippen LogP contribution in [-0.2, 0) is 10.0 Å². The average molecular weight is 330 g/mol. The van der Waals surface area contributed by atoms with Crippen LogP contribution in [0.25, 0.3) is 0 Å². The first-order valence-electron chi connectivity index (χ1n) is 7.01. The number of nitrogens with one attached hydrogen (secondary N) is 2. The summed E-state index contributed by atoms with van der Waals surface area (Å²) in [4.78, 5) is 12.3. The summed E-state index contributed by atoms with van der Waals surface area (Å²) < 4.78 is 26.5. The third-order valence-electron chi connectivity index (χ3n) is 3.10. The fourth-order valence-electron chi connectivity index (χ4n) is 1.98. The minimum atomic E-state index is -3.66. The van der Waals surface area contributed by atoms with Crippen LogP contribution in [0.5, 0.6) is 0 Å². The molecule has 23 heavy (non-hydrogen) atoms. The van der Waals surface area contributed by atoms with Crippen molar-refractivity contribution in [3.8, 4) is 0 Å². The molecule has 0 aliphatic rings. The van der Waals surface area contributed by atoms with E-state index < -0.39 is 10.0 Å². The number of aryl methyl sites for hydroxylation is 1. The highest BCUT2D eigenvalue weighted by Crippen LogP contribution is 2.15. The van der Waals surface area contributed by atoms with Gasteiger partial charge in [0.25, 0.3) is 5.91 Å². The normalized spacial score (nSPS) is 11.0. The molecule has 120 valence electrons. The van der Waals surface area contributed by atoms with Gasteiger partial charge >= 0.3 is 0 Å². The molecule has 0 aromatic heterocycles. The van der Waals surface area contributed by atoms with E-state index in [0.717, 1.165) is 5.56 Å². The maximum atomic E-state index is 12.3. The first-order chi connectivity index (χ1) is 10.9. The maximum Gasteiger partial charge on any atom is 0.255 e. The molecule has 0 radical (unpaired) electrons. The second-order valence-electron chi connectivity index (χ2n) is 4.99. The van der Waals surface area contributed by atoms with E-state index in [1.807, 2.05) is 25.1 Å². The molecule has 0 heterocycles. The highest BCUT2D eigenvalue weighted by Gasteiger charge is 2.15. The summed E-state index contributed by atoms with van der Waals surface area (Å²) in [5.74, 6) is -0.364. The minimum Gasteiger partial charge on any atom is -0.322 e. The molecule has 2 aromatic rings. The van der Waals surface area contributed by atoms with Crippen molar-refractivity contribution in [2.24, 2.45) is 0 Å². The van der Waals surface area contributed by atoms with Gasteiger partial charge in [-0.2, -0.15) is 0 Å². The third-order valence-corrected chi connectivity index (χ3v) is 4.52. The van der Waals surface area contributed by atoms with Crippen LogP contribution in [0, 0.1) is 6.92 Å². The molecule has 0 aliphatic carbocycles. The van der Waals surface area contributed by atoms with Crippen molar-refractivity contribution in [1.29, 1.82) is 0 Å². The van der Waals surface area contributed by atoms with Gasteiger partial charge in [0.1, 0.15) is 0 Å². The smallest absolute Gasteiger partial charge is 0.255 e. The number of anilines is 1. The van der Waals surface area contributed by atoms with Crippen molar-refractivity contribution in [1.82, 2.24) is 4.72 Å². The number of benzene rings is 2. The zero-order chi connectivity index (χ0) is 16.9. The van der Waals surface area contributed by atoms with Crippen LogP contribution in [0.15, 0.2) is 66.1 Å². The van der Waals surface area contributed by atoms with Crippen LogP contribution in [-0.4, -0.2) is 20.9 Å². The molecule has 0 atom stereocenters. The molecule has 0 unspecified atom stereocenters. The molecule has 2 N–H and O–H groups in total. The Morgan fingerprint density at radius 3 is 2.61 bits per heavy atom. The number of sulfonamides is 1. The lowest BCUT2D eigenvalue weighted by Crippen LogP contribution is -2.24. The van der Waals surface area contributed by atoms with E-state index in [1.54, 1.807) is 12.1 Å². The minimum absolute atomic E-state index is 0.0382. The average Bonchev–Trinajstić information content (AvgIpc) is 2.53. The van der Waals surface area contributed by atoms with Gasteiger partial charge in [-0.1, -0.05) is 24.3 Å². The molecule has 0 spiro atoms. The molecule has 0 bridgehead atoms. The molecule has 6 heteroatoms. The molecule has 5 nitrogen and oxygen atoms in total. The molecular weight excluding hydrogens is 312 g/mol. The van der Waals surface area contributed by atoms with Crippen molar-refractivity contribution >= 4 is 21.6 Å².